The number of hydrogen-bond acceptors (Lipinski definition) is 4. The van der Waals surface area contributed by atoms with Crippen molar-refractivity contribution in [2.75, 3.05) is 11.9 Å². The third kappa shape index (κ3) is 3.30. The zero-order valence-electron chi connectivity index (χ0n) is 9.04. The second-order valence-electron chi connectivity index (χ2n) is 3.60. The molecule has 0 aliphatic heterocycles. The largest absolute Gasteiger partial charge is 0.352 e. The van der Waals surface area contributed by atoms with Gasteiger partial charge in [0.2, 0.25) is 5.95 Å². The number of nitrogens with one attached hydrogen (secondary N) is 1. The van der Waals surface area contributed by atoms with E-state index >= 15 is 0 Å². The molecule has 1 heterocycles. The van der Waals surface area contributed by atoms with Crippen LogP contribution >= 0.6 is 0 Å². The van der Waals surface area contributed by atoms with Crippen LogP contribution in [0.2, 0.25) is 0 Å². The maximum Gasteiger partial charge on any atom is 0.223 e. The van der Waals surface area contributed by atoms with Crippen LogP contribution in [-0.4, -0.2) is 22.6 Å². The molecule has 14 heavy (non-hydrogen) atoms. The van der Waals surface area contributed by atoms with E-state index < -0.39 is 0 Å². The molecule has 0 aliphatic rings. The van der Waals surface area contributed by atoms with Gasteiger partial charge in [0, 0.05) is 17.4 Å². The molecule has 0 aromatic carbocycles. The number of rotatable bonds is 4. The van der Waals surface area contributed by atoms with Gasteiger partial charge in [0.15, 0.2) is 0 Å². The number of nitrogens with zero attached hydrogens (tertiary/aromatic N) is 2. The highest BCUT2D eigenvalue weighted by atomic mass is 15.1. The van der Waals surface area contributed by atoms with Crippen molar-refractivity contribution in [3.8, 4) is 0 Å². The molecule has 3 N–H and O–H groups in total. The molecule has 0 aliphatic carbocycles. The first-order valence-corrected chi connectivity index (χ1v) is 4.90. The van der Waals surface area contributed by atoms with Gasteiger partial charge in [-0.2, -0.15) is 0 Å². The van der Waals surface area contributed by atoms with Crippen molar-refractivity contribution in [3.63, 3.8) is 0 Å². The fourth-order valence-corrected chi connectivity index (χ4v) is 1.33. The molecule has 0 spiro atoms. The van der Waals surface area contributed by atoms with Gasteiger partial charge < -0.3 is 11.1 Å². The molecule has 78 valence electrons. The minimum atomic E-state index is 0.321. The van der Waals surface area contributed by atoms with E-state index in [2.05, 4.69) is 22.2 Å². The highest BCUT2D eigenvalue weighted by Gasteiger charge is 2.03. The maximum absolute atomic E-state index is 5.46. The normalized spacial score (nSPS) is 12.6. The van der Waals surface area contributed by atoms with Crippen molar-refractivity contribution >= 4 is 5.95 Å². The Labute approximate surface area is 85.0 Å². The van der Waals surface area contributed by atoms with Gasteiger partial charge in [-0.1, -0.05) is 0 Å². The molecule has 0 fully saturated rings. The molecular weight excluding hydrogens is 176 g/mol. The highest BCUT2D eigenvalue weighted by Crippen LogP contribution is 2.05. The summed E-state index contributed by atoms with van der Waals surface area (Å²) < 4.78 is 0. The summed E-state index contributed by atoms with van der Waals surface area (Å²) in [6.45, 7) is 6.69. The molecule has 4 nitrogen and oxygen atoms in total. The zero-order chi connectivity index (χ0) is 10.6. The number of aryl methyl sites for hydroxylation is 2. The fraction of sp³-hybridized carbons (Fsp3) is 0.600. The molecule has 1 aromatic heterocycles. The molecule has 1 unspecified atom stereocenters. The average Bonchev–Trinajstić information content (AvgIpc) is 2.01. The summed E-state index contributed by atoms with van der Waals surface area (Å²) in [6, 6.07) is 2.28. The van der Waals surface area contributed by atoms with Crippen LogP contribution in [0.3, 0.4) is 0 Å². The summed E-state index contributed by atoms with van der Waals surface area (Å²) in [6.07, 6.45) is 0.927. The smallest absolute Gasteiger partial charge is 0.223 e. The predicted molar refractivity (Wildman–Crippen MR) is 58.3 cm³/mol. The van der Waals surface area contributed by atoms with Crippen molar-refractivity contribution in [1.29, 1.82) is 0 Å². The zero-order valence-corrected chi connectivity index (χ0v) is 9.04. The van der Waals surface area contributed by atoms with E-state index in [9.17, 15) is 0 Å². The summed E-state index contributed by atoms with van der Waals surface area (Å²) >= 11 is 0. The molecule has 1 aromatic rings. The minimum absolute atomic E-state index is 0.321. The van der Waals surface area contributed by atoms with Gasteiger partial charge in [0.1, 0.15) is 0 Å². The standard InChI is InChI=1S/C10H18N4/c1-7(4-5-11)12-10-13-8(2)6-9(3)14-10/h6-7H,4-5,11H2,1-3H3,(H,12,13,14). The summed E-state index contributed by atoms with van der Waals surface area (Å²) in [5.74, 6) is 0.698. The van der Waals surface area contributed by atoms with Crippen LogP contribution in [0.1, 0.15) is 24.7 Å². The van der Waals surface area contributed by atoms with Crippen LogP contribution in [-0.2, 0) is 0 Å². The van der Waals surface area contributed by atoms with E-state index in [0.717, 1.165) is 17.8 Å². The van der Waals surface area contributed by atoms with E-state index in [0.29, 0.717) is 18.5 Å². The first-order valence-electron chi connectivity index (χ1n) is 4.90. The summed E-state index contributed by atoms with van der Waals surface area (Å²) in [4.78, 5) is 8.59. The van der Waals surface area contributed by atoms with Gasteiger partial charge in [-0.25, -0.2) is 9.97 Å². The SMILES string of the molecule is Cc1cc(C)nc(NC(C)CCN)n1. The Morgan fingerprint density at radius 1 is 1.36 bits per heavy atom. The average molecular weight is 194 g/mol. The molecule has 4 heteroatoms. The lowest BCUT2D eigenvalue weighted by molar-refractivity contribution is 0.707. The van der Waals surface area contributed by atoms with Crippen LogP contribution in [0.25, 0.3) is 0 Å². The molecule has 0 amide bonds. The lowest BCUT2D eigenvalue weighted by Crippen LogP contribution is -2.21. The van der Waals surface area contributed by atoms with Crippen LogP contribution in [0.5, 0.6) is 0 Å². The molecule has 0 saturated carbocycles. The highest BCUT2D eigenvalue weighted by molar-refractivity contribution is 5.28. The monoisotopic (exact) mass is 194 g/mol. The Kier molecular flexibility index (Phi) is 3.83. The van der Waals surface area contributed by atoms with E-state index in [4.69, 9.17) is 5.73 Å². The van der Waals surface area contributed by atoms with E-state index in [1.54, 1.807) is 0 Å². The van der Waals surface area contributed by atoms with Crippen molar-refractivity contribution in [2.45, 2.75) is 33.2 Å². The van der Waals surface area contributed by atoms with Crippen LogP contribution < -0.4 is 11.1 Å². The van der Waals surface area contributed by atoms with E-state index in [-0.39, 0.29) is 0 Å². The van der Waals surface area contributed by atoms with Crippen LogP contribution in [0.4, 0.5) is 5.95 Å². The van der Waals surface area contributed by atoms with Crippen LogP contribution in [0, 0.1) is 13.8 Å². The van der Waals surface area contributed by atoms with Gasteiger partial charge in [0.05, 0.1) is 0 Å². The van der Waals surface area contributed by atoms with Gasteiger partial charge in [-0.05, 0) is 39.8 Å². The van der Waals surface area contributed by atoms with Crippen molar-refractivity contribution in [1.82, 2.24) is 9.97 Å². The van der Waals surface area contributed by atoms with Gasteiger partial charge in [0.25, 0.3) is 0 Å². The fourth-order valence-electron chi connectivity index (χ4n) is 1.33. The summed E-state index contributed by atoms with van der Waals surface area (Å²) in [7, 11) is 0. The number of aromatic nitrogens is 2. The second kappa shape index (κ2) is 4.91. The maximum atomic E-state index is 5.46. The van der Waals surface area contributed by atoms with Gasteiger partial charge >= 0.3 is 0 Å². The first kappa shape index (κ1) is 10.9. The topological polar surface area (TPSA) is 63.8 Å². The Hall–Kier alpha value is -1.16. The second-order valence-corrected chi connectivity index (χ2v) is 3.60. The van der Waals surface area contributed by atoms with Crippen LogP contribution in [0.15, 0.2) is 6.07 Å². The lowest BCUT2D eigenvalue weighted by Gasteiger charge is -2.12. The van der Waals surface area contributed by atoms with Crippen molar-refractivity contribution in [3.05, 3.63) is 17.5 Å². The molecule has 1 rings (SSSR count). The first-order chi connectivity index (χ1) is 6.61. The lowest BCUT2D eigenvalue weighted by atomic mass is 10.2. The van der Waals surface area contributed by atoms with Crippen molar-refractivity contribution < 1.29 is 0 Å². The summed E-state index contributed by atoms with van der Waals surface area (Å²) in [5.41, 5.74) is 7.43. The van der Waals surface area contributed by atoms with E-state index in [1.807, 2.05) is 19.9 Å². The van der Waals surface area contributed by atoms with Gasteiger partial charge in [-0.3, -0.25) is 0 Å². The number of anilines is 1. The van der Waals surface area contributed by atoms with Gasteiger partial charge in [-0.15, -0.1) is 0 Å². The quantitative estimate of drug-likeness (QED) is 0.757. The predicted octanol–water partition coefficient (Wildman–Crippen LogP) is 1.24. The molecule has 0 bridgehead atoms. The number of hydrogen-bond donors (Lipinski definition) is 2. The Morgan fingerprint density at radius 3 is 2.43 bits per heavy atom. The molecular formula is C10H18N4. The Morgan fingerprint density at radius 2 is 1.93 bits per heavy atom. The Bertz CT molecular complexity index is 278. The minimum Gasteiger partial charge on any atom is -0.352 e. The third-order valence-electron chi connectivity index (χ3n) is 1.96. The number of nitrogens with two attached hydrogens (primary N) is 1. The molecule has 0 saturated heterocycles. The third-order valence-corrected chi connectivity index (χ3v) is 1.96. The van der Waals surface area contributed by atoms with Crippen molar-refractivity contribution in [2.24, 2.45) is 5.73 Å². The summed E-state index contributed by atoms with van der Waals surface area (Å²) in [5, 5.41) is 3.22. The van der Waals surface area contributed by atoms with E-state index in [1.165, 1.54) is 0 Å². The molecule has 0 radical (unpaired) electrons. The molecule has 1 atom stereocenters. The Balaban J connectivity index is 2.66.